The minimum atomic E-state index is -5.04. The third kappa shape index (κ3) is 7.50. The highest BCUT2D eigenvalue weighted by Crippen LogP contribution is 2.38. The van der Waals surface area contributed by atoms with Crippen molar-refractivity contribution in [1.29, 1.82) is 0 Å². The van der Waals surface area contributed by atoms with Crippen LogP contribution in [0.3, 0.4) is 0 Å². The van der Waals surface area contributed by atoms with Crippen LogP contribution in [0.2, 0.25) is 0 Å². The number of amides is 1. The fraction of sp³-hybridized carbons (Fsp3) is 0.419. The fourth-order valence-electron chi connectivity index (χ4n) is 5.54. The van der Waals surface area contributed by atoms with Crippen molar-refractivity contribution in [2.24, 2.45) is 0 Å². The average Bonchev–Trinajstić information content (AvgIpc) is 3.23. The number of aliphatic hydroxyl groups is 1. The first kappa shape index (κ1) is 32.5. The molecule has 1 saturated heterocycles. The predicted octanol–water partition coefficient (Wildman–Crippen LogP) is 6.20. The average molecular weight is 641 g/mol. The summed E-state index contributed by atoms with van der Waals surface area (Å²) in [6.07, 6.45) is -9.76. The number of fused-ring (bicyclic) bond motifs is 1. The summed E-state index contributed by atoms with van der Waals surface area (Å²) in [6, 6.07) is 8.26. The Morgan fingerprint density at radius 1 is 0.889 bits per heavy atom. The number of nitrogens with zero attached hydrogens (tertiary/aromatic N) is 4. The number of carbonyl (C=O) groups is 1. The number of benzene rings is 2. The molecule has 1 amide bonds. The number of aliphatic hydroxyl groups excluding tert-OH is 1. The molecule has 0 bridgehead atoms. The zero-order valence-corrected chi connectivity index (χ0v) is 24.3. The number of hydrogen-bond donors (Lipinski definition) is 1. The Hall–Kier alpha value is -3.91. The lowest BCUT2D eigenvalue weighted by atomic mass is 9.98. The minimum absolute atomic E-state index is 0.0121. The van der Waals surface area contributed by atoms with E-state index in [0.29, 0.717) is 61.7 Å². The first-order valence-corrected chi connectivity index (χ1v) is 14.4. The van der Waals surface area contributed by atoms with Crippen molar-refractivity contribution in [1.82, 2.24) is 14.8 Å². The molecule has 45 heavy (non-hydrogen) atoms. The van der Waals surface area contributed by atoms with Crippen LogP contribution in [0.5, 0.6) is 5.88 Å². The molecule has 3 aromatic rings. The molecule has 0 radical (unpaired) electrons. The maximum Gasteiger partial charge on any atom is 0.416 e. The van der Waals surface area contributed by atoms with Gasteiger partial charge in [0.15, 0.2) is 0 Å². The van der Waals surface area contributed by atoms with Crippen LogP contribution in [-0.4, -0.2) is 71.4 Å². The van der Waals surface area contributed by atoms with Crippen molar-refractivity contribution in [3.63, 3.8) is 0 Å². The lowest BCUT2D eigenvalue weighted by molar-refractivity contribution is -0.143. The highest BCUT2D eigenvalue weighted by molar-refractivity contribution is 6.03. The molecule has 3 heterocycles. The van der Waals surface area contributed by atoms with Crippen LogP contribution in [0.25, 0.3) is 11.1 Å². The van der Waals surface area contributed by atoms with Gasteiger partial charge in [-0.25, -0.2) is 4.39 Å². The van der Waals surface area contributed by atoms with E-state index >= 15 is 0 Å². The van der Waals surface area contributed by atoms with E-state index in [1.165, 1.54) is 29.2 Å². The molecule has 5 rings (SSSR count). The van der Waals surface area contributed by atoms with Crippen LogP contribution < -0.4 is 9.64 Å². The van der Waals surface area contributed by atoms with Gasteiger partial charge in [0.05, 0.1) is 17.7 Å². The van der Waals surface area contributed by atoms with Crippen molar-refractivity contribution in [2.45, 2.75) is 44.9 Å². The summed E-state index contributed by atoms with van der Waals surface area (Å²) >= 11 is 0. The summed E-state index contributed by atoms with van der Waals surface area (Å²) in [4.78, 5) is 23.8. The molecule has 0 spiro atoms. The van der Waals surface area contributed by atoms with E-state index in [1.807, 2.05) is 9.80 Å². The van der Waals surface area contributed by atoms with E-state index in [2.05, 4.69) is 4.98 Å². The van der Waals surface area contributed by atoms with Gasteiger partial charge in [-0.2, -0.15) is 31.3 Å². The maximum absolute atomic E-state index is 14.1. The summed E-state index contributed by atoms with van der Waals surface area (Å²) < 4.78 is 101. The molecule has 2 aliphatic rings. The van der Waals surface area contributed by atoms with Crippen LogP contribution in [0, 0.1) is 5.82 Å². The third-order valence-electron chi connectivity index (χ3n) is 7.84. The molecule has 1 fully saturated rings. The Balaban J connectivity index is 1.57. The van der Waals surface area contributed by atoms with Crippen molar-refractivity contribution in [3.05, 3.63) is 76.6 Å². The molecule has 0 saturated carbocycles. The van der Waals surface area contributed by atoms with Gasteiger partial charge < -0.3 is 19.6 Å². The topological polar surface area (TPSA) is 69.1 Å². The van der Waals surface area contributed by atoms with Gasteiger partial charge in [-0.3, -0.25) is 9.69 Å². The van der Waals surface area contributed by atoms with Crippen LogP contribution in [0.1, 0.15) is 46.8 Å². The minimum Gasteiger partial charge on any atom is -0.477 e. The molecule has 242 valence electrons. The number of carbonyl (C=O) groups excluding carboxylic acids is 1. The third-order valence-corrected chi connectivity index (χ3v) is 7.84. The molecular formula is C31H31F7N4O3. The van der Waals surface area contributed by atoms with Gasteiger partial charge in [0.1, 0.15) is 23.4 Å². The summed E-state index contributed by atoms with van der Waals surface area (Å²) in [5.41, 5.74) is -2.56. The van der Waals surface area contributed by atoms with Gasteiger partial charge in [0, 0.05) is 44.8 Å². The standard InChI is InChI=1S/C31H31F7N4O3/c1-19(43)40-8-2-9-41(12-11-40)26-17-25(21-4-6-24(32)7-5-21)27-28(39-26)45-13-3-10-42(29(27)44)18-20-14-22(30(33,34)35)16-23(15-20)31(36,37)38/h4-7,14-17,19,43H,2-3,8-13,18H2,1H3. The highest BCUT2D eigenvalue weighted by Gasteiger charge is 2.37. The van der Waals surface area contributed by atoms with Gasteiger partial charge >= 0.3 is 12.4 Å². The quantitative estimate of drug-likeness (QED) is 0.335. The first-order chi connectivity index (χ1) is 21.2. The van der Waals surface area contributed by atoms with Crippen LogP contribution >= 0.6 is 0 Å². The Morgan fingerprint density at radius 3 is 2.18 bits per heavy atom. The second-order valence-electron chi connectivity index (χ2n) is 11.1. The zero-order chi connectivity index (χ0) is 32.5. The molecular weight excluding hydrogens is 609 g/mol. The first-order valence-electron chi connectivity index (χ1n) is 14.4. The van der Waals surface area contributed by atoms with Gasteiger partial charge in [0.25, 0.3) is 5.91 Å². The normalized spacial score (nSPS) is 17.7. The van der Waals surface area contributed by atoms with Crippen molar-refractivity contribution < 1.29 is 45.4 Å². The van der Waals surface area contributed by atoms with E-state index in [1.54, 1.807) is 13.0 Å². The number of aromatic nitrogens is 1. The number of hydrogen-bond acceptors (Lipinski definition) is 6. The van der Waals surface area contributed by atoms with Gasteiger partial charge in [0.2, 0.25) is 5.88 Å². The van der Waals surface area contributed by atoms with E-state index < -0.39 is 48.0 Å². The van der Waals surface area contributed by atoms with E-state index in [-0.39, 0.29) is 42.6 Å². The van der Waals surface area contributed by atoms with Crippen molar-refractivity contribution in [2.75, 3.05) is 44.2 Å². The molecule has 2 aliphatic heterocycles. The second-order valence-corrected chi connectivity index (χ2v) is 11.1. The SMILES string of the molecule is CC(O)N1CCCN(c2cc(-c3ccc(F)cc3)c3c(n2)OCCCN(Cc2cc(C(F)(F)F)cc(C(F)(F)F)c2)C3=O)CC1. The van der Waals surface area contributed by atoms with Crippen LogP contribution in [-0.2, 0) is 18.9 Å². The smallest absolute Gasteiger partial charge is 0.416 e. The second kappa shape index (κ2) is 12.8. The molecule has 7 nitrogen and oxygen atoms in total. The number of ether oxygens (including phenoxy) is 1. The number of pyridine rings is 1. The largest absolute Gasteiger partial charge is 0.477 e. The molecule has 2 aromatic carbocycles. The molecule has 1 N–H and O–H groups in total. The van der Waals surface area contributed by atoms with E-state index in [4.69, 9.17) is 4.74 Å². The lowest BCUT2D eigenvalue weighted by Gasteiger charge is -2.30. The molecule has 0 aliphatic carbocycles. The summed E-state index contributed by atoms with van der Waals surface area (Å²) in [5, 5.41) is 10.0. The van der Waals surface area contributed by atoms with Gasteiger partial charge in [-0.05, 0) is 67.3 Å². The van der Waals surface area contributed by atoms with E-state index in [0.717, 1.165) is 0 Å². The van der Waals surface area contributed by atoms with Crippen LogP contribution in [0.4, 0.5) is 36.6 Å². The lowest BCUT2D eigenvalue weighted by Crippen LogP contribution is -2.37. The molecule has 1 atom stereocenters. The van der Waals surface area contributed by atoms with Gasteiger partial charge in [-0.1, -0.05) is 12.1 Å². The zero-order valence-electron chi connectivity index (χ0n) is 24.3. The number of rotatable bonds is 5. The summed E-state index contributed by atoms with van der Waals surface area (Å²) in [7, 11) is 0. The summed E-state index contributed by atoms with van der Waals surface area (Å²) in [5.74, 6) is -0.799. The number of anilines is 1. The van der Waals surface area contributed by atoms with Crippen LogP contribution in [0.15, 0.2) is 48.5 Å². The van der Waals surface area contributed by atoms with Gasteiger partial charge in [-0.15, -0.1) is 0 Å². The Labute approximate surface area is 254 Å². The summed E-state index contributed by atoms with van der Waals surface area (Å²) in [6.45, 7) is 3.47. The number of alkyl halides is 6. The van der Waals surface area contributed by atoms with E-state index in [9.17, 15) is 40.6 Å². The Morgan fingerprint density at radius 2 is 1.56 bits per heavy atom. The Bertz CT molecular complexity index is 1500. The molecule has 14 heteroatoms. The molecule has 1 unspecified atom stereocenters. The molecule has 1 aromatic heterocycles. The van der Waals surface area contributed by atoms with Crippen molar-refractivity contribution in [3.8, 4) is 17.0 Å². The maximum atomic E-state index is 14.1. The predicted molar refractivity (Wildman–Crippen MR) is 151 cm³/mol. The Kier molecular flexibility index (Phi) is 9.26. The van der Waals surface area contributed by atoms with Crippen molar-refractivity contribution >= 4 is 11.7 Å². The fourth-order valence-corrected chi connectivity index (χ4v) is 5.54. The monoisotopic (exact) mass is 640 g/mol. The highest BCUT2D eigenvalue weighted by atomic mass is 19.4. The number of halogens is 7.